The molecule has 1 unspecified atom stereocenters. The van der Waals surface area contributed by atoms with Crippen molar-refractivity contribution >= 4 is 5.91 Å². The number of fused-ring (bicyclic) bond motifs is 1. The molecule has 1 aliphatic heterocycles. The van der Waals surface area contributed by atoms with Crippen molar-refractivity contribution in [3.8, 4) is 11.5 Å². The van der Waals surface area contributed by atoms with E-state index in [2.05, 4.69) is 10.2 Å². The van der Waals surface area contributed by atoms with Gasteiger partial charge in [0.2, 0.25) is 0 Å². The van der Waals surface area contributed by atoms with Crippen LogP contribution in [0.2, 0.25) is 0 Å². The summed E-state index contributed by atoms with van der Waals surface area (Å²) < 4.78 is 21.5. The van der Waals surface area contributed by atoms with Gasteiger partial charge in [0.1, 0.15) is 11.5 Å². The molecule has 0 aliphatic carbocycles. The Morgan fingerprint density at radius 2 is 1.92 bits per heavy atom. The van der Waals surface area contributed by atoms with E-state index in [4.69, 9.17) is 18.9 Å². The van der Waals surface area contributed by atoms with E-state index >= 15 is 0 Å². The maximum Gasteiger partial charge on any atom is 0.275 e. The number of nitrogens with one attached hydrogen (secondary N) is 1. The highest BCUT2D eigenvalue weighted by Gasteiger charge is 2.43. The second-order valence-corrected chi connectivity index (χ2v) is 5.98. The molecule has 0 saturated carbocycles. The van der Waals surface area contributed by atoms with Gasteiger partial charge in [-0.15, -0.1) is 0 Å². The molecule has 2 aromatic rings. The van der Waals surface area contributed by atoms with E-state index in [0.717, 1.165) is 16.8 Å². The fourth-order valence-corrected chi connectivity index (χ4v) is 3.32. The Balaban J connectivity index is 2.14. The van der Waals surface area contributed by atoms with Gasteiger partial charge < -0.3 is 23.8 Å². The quantitative estimate of drug-likeness (QED) is 0.758. The third-order valence-electron chi connectivity index (χ3n) is 4.65. The zero-order valence-corrected chi connectivity index (χ0v) is 15.5. The molecule has 1 aliphatic rings. The van der Waals surface area contributed by atoms with Crippen LogP contribution >= 0.6 is 0 Å². The van der Waals surface area contributed by atoms with Crippen molar-refractivity contribution in [1.82, 2.24) is 15.1 Å². The summed E-state index contributed by atoms with van der Waals surface area (Å²) in [6.07, 6.45) is -0.550. The van der Waals surface area contributed by atoms with Gasteiger partial charge in [0, 0.05) is 31.0 Å². The van der Waals surface area contributed by atoms with Crippen molar-refractivity contribution < 1.29 is 23.7 Å². The number of methoxy groups -OCH3 is 4. The highest BCUT2D eigenvalue weighted by Crippen LogP contribution is 2.43. The lowest BCUT2D eigenvalue weighted by atomic mass is 9.98. The Morgan fingerprint density at radius 1 is 1.19 bits per heavy atom. The lowest BCUT2D eigenvalue weighted by Crippen LogP contribution is -2.38. The number of carbonyl (C=O) groups excluding carboxylic acids is 1. The summed E-state index contributed by atoms with van der Waals surface area (Å²) in [6, 6.07) is 5.14. The first-order valence-electron chi connectivity index (χ1n) is 8.19. The number of nitrogens with zero attached hydrogens (tertiary/aromatic N) is 2. The molecule has 8 heteroatoms. The molecule has 0 saturated heterocycles. The van der Waals surface area contributed by atoms with Crippen LogP contribution in [0.4, 0.5) is 0 Å². The van der Waals surface area contributed by atoms with Crippen LogP contribution in [0.25, 0.3) is 0 Å². The van der Waals surface area contributed by atoms with Gasteiger partial charge in [-0.3, -0.25) is 9.89 Å². The van der Waals surface area contributed by atoms with Gasteiger partial charge >= 0.3 is 0 Å². The molecule has 0 spiro atoms. The molecule has 140 valence electrons. The van der Waals surface area contributed by atoms with Gasteiger partial charge in [0.25, 0.3) is 5.91 Å². The Kier molecular flexibility index (Phi) is 5.15. The van der Waals surface area contributed by atoms with Crippen molar-refractivity contribution in [3.05, 3.63) is 40.7 Å². The van der Waals surface area contributed by atoms with Gasteiger partial charge in [-0.25, -0.2) is 0 Å². The van der Waals surface area contributed by atoms with E-state index in [0.29, 0.717) is 17.2 Å². The smallest absolute Gasteiger partial charge is 0.275 e. The number of H-pyrrole nitrogens is 1. The summed E-state index contributed by atoms with van der Waals surface area (Å²) in [7, 11) is 6.28. The van der Waals surface area contributed by atoms with Crippen LogP contribution < -0.4 is 9.47 Å². The average molecular weight is 361 g/mol. The minimum Gasteiger partial charge on any atom is -0.497 e. The van der Waals surface area contributed by atoms with Crippen molar-refractivity contribution in [2.75, 3.05) is 35.0 Å². The molecule has 0 bridgehead atoms. The maximum atomic E-state index is 13.0. The SMILES string of the molecule is COc1ccc(OC)c(C2c3c(n[nH]c3C)C(=O)N2CC(OC)OC)c1. The van der Waals surface area contributed by atoms with E-state index in [1.54, 1.807) is 33.3 Å². The van der Waals surface area contributed by atoms with Gasteiger partial charge in [-0.2, -0.15) is 5.10 Å². The predicted molar refractivity (Wildman–Crippen MR) is 93.6 cm³/mol. The highest BCUT2D eigenvalue weighted by molar-refractivity contribution is 5.98. The van der Waals surface area contributed by atoms with Crippen LogP contribution in [-0.4, -0.2) is 62.3 Å². The largest absolute Gasteiger partial charge is 0.497 e. The zero-order chi connectivity index (χ0) is 18.8. The van der Waals surface area contributed by atoms with Gasteiger partial charge in [0.05, 0.1) is 26.8 Å². The molecule has 0 radical (unpaired) electrons. The number of benzene rings is 1. The van der Waals surface area contributed by atoms with E-state index in [1.165, 1.54) is 0 Å². The van der Waals surface area contributed by atoms with Crippen LogP contribution in [0.3, 0.4) is 0 Å². The summed E-state index contributed by atoms with van der Waals surface area (Å²) in [5.41, 5.74) is 2.88. The van der Waals surface area contributed by atoms with Gasteiger partial charge in [-0.1, -0.05) is 0 Å². The minimum atomic E-state index is -0.550. The van der Waals surface area contributed by atoms with Crippen LogP contribution in [-0.2, 0) is 9.47 Å². The topological polar surface area (TPSA) is 85.9 Å². The number of amides is 1. The Bertz CT molecular complexity index is 800. The number of aromatic nitrogens is 2. The summed E-state index contributed by atoms with van der Waals surface area (Å²) in [5, 5.41) is 7.10. The van der Waals surface area contributed by atoms with Crippen molar-refractivity contribution in [1.29, 1.82) is 0 Å². The summed E-state index contributed by atoms with van der Waals surface area (Å²) in [6.45, 7) is 2.15. The molecule has 1 aromatic carbocycles. The van der Waals surface area contributed by atoms with Crippen LogP contribution in [0.5, 0.6) is 11.5 Å². The summed E-state index contributed by atoms with van der Waals surface area (Å²) in [4.78, 5) is 14.7. The standard InChI is InChI=1S/C18H23N3O5/c1-10-15-16(20-19-10)18(22)21(9-14(25-4)26-5)17(15)12-8-11(23-2)6-7-13(12)24-3/h6-8,14,17H,9H2,1-5H3,(H,19,20). The number of aryl methyl sites for hydroxylation is 1. The number of hydrogen-bond donors (Lipinski definition) is 1. The number of hydrogen-bond acceptors (Lipinski definition) is 6. The molecule has 3 rings (SSSR count). The number of rotatable bonds is 7. The van der Waals surface area contributed by atoms with Crippen molar-refractivity contribution in [2.45, 2.75) is 19.3 Å². The number of carbonyl (C=O) groups is 1. The molecule has 1 N–H and O–H groups in total. The number of ether oxygens (including phenoxy) is 4. The lowest BCUT2D eigenvalue weighted by molar-refractivity contribution is -0.113. The molecule has 1 amide bonds. The first-order chi connectivity index (χ1) is 12.5. The second kappa shape index (κ2) is 7.35. The van der Waals surface area contributed by atoms with E-state index < -0.39 is 6.29 Å². The molecular formula is C18H23N3O5. The predicted octanol–water partition coefficient (Wildman–Crippen LogP) is 1.90. The third kappa shape index (κ3) is 2.91. The molecule has 8 nitrogen and oxygen atoms in total. The molecule has 1 atom stereocenters. The van der Waals surface area contributed by atoms with Crippen molar-refractivity contribution in [2.24, 2.45) is 0 Å². The monoisotopic (exact) mass is 361 g/mol. The minimum absolute atomic E-state index is 0.182. The van der Waals surface area contributed by atoms with Crippen LogP contribution in [0, 0.1) is 6.92 Å². The Labute approximate surface area is 152 Å². The van der Waals surface area contributed by atoms with E-state index in [9.17, 15) is 4.79 Å². The third-order valence-corrected chi connectivity index (χ3v) is 4.65. The zero-order valence-electron chi connectivity index (χ0n) is 15.5. The normalized spacial score (nSPS) is 16.3. The first-order valence-corrected chi connectivity index (χ1v) is 8.19. The highest BCUT2D eigenvalue weighted by atomic mass is 16.7. The fraction of sp³-hybridized carbons (Fsp3) is 0.444. The molecule has 26 heavy (non-hydrogen) atoms. The lowest BCUT2D eigenvalue weighted by Gasteiger charge is -2.29. The van der Waals surface area contributed by atoms with Crippen molar-refractivity contribution in [3.63, 3.8) is 0 Å². The Morgan fingerprint density at radius 3 is 2.54 bits per heavy atom. The molecule has 1 aromatic heterocycles. The van der Waals surface area contributed by atoms with Gasteiger partial charge in [-0.05, 0) is 25.1 Å². The van der Waals surface area contributed by atoms with Gasteiger partial charge in [0.15, 0.2) is 12.0 Å². The average Bonchev–Trinajstić information content (AvgIpc) is 3.17. The summed E-state index contributed by atoms with van der Waals surface area (Å²) in [5.74, 6) is 1.16. The number of aromatic amines is 1. The fourth-order valence-electron chi connectivity index (χ4n) is 3.32. The molecule has 2 heterocycles. The van der Waals surface area contributed by atoms with E-state index in [1.807, 2.05) is 25.1 Å². The molecular weight excluding hydrogens is 338 g/mol. The van der Waals surface area contributed by atoms with Crippen LogP contribution in [0.15, 0.2) is 18.2 Å². The molecule has 0 fully saturated rings. The first kappa shape index (κ1) is 18.2. The van der Waals surface area contributed by atoms with Crippen LogP contribution in [0.1, 0.15) is 33.4 Å². The Hall–Kier alpha value is -2.58. The second-order valence-electron chi connectivity index (χ2n) is 5.98. The van der Waals surface area contributed by atoms with E-state index in [-0.39, 0.29) is 18.5 Å². The maximum absolute atomic E-state index is 13.0. The summed E-state index contributed by atoms with van der Waals surface area (Å²) >= 11 is 0.